The number of pyridine rings is 1. The van der Waals surface area contributed by atoms with Crippen molar-refractivity contribution in [1.82, 2.24) is 9.88 Å². The van der Waals surface area contributed by atoms with Crippen molar-refractivity contribution < 1.29 is 4.74 Å². The maximum Gasteiger partial charge on any atom is 0.168 e. The maximum absolute atomic E-state index is 5.23. The summed E-state index contributed by atoms with van der Waals surface area (Å²) in [6.07, 6.45) is 2.94. The Morgan fingerprint density at radius 1 is 1.53 bits per heavy atom. The number of hydrogen-bond acceptors (Lipinski definition) is 4. The normalized spacial score (nSPS) is 12.5. The highest BCUT2D eigenvalue weighted by Crippen LogP contribution is 2.19. The molecule has 0 amide bonds. The predicted octanol–water partition coefficient (Wildman–Crippen LogP) is 2.23. The Kier molecular flexibility index (Phi) is 5.77. The minimum atomic E-state index is 0.613. The molecular formula is C13H23N3O. The topological polar surface area (TPSA) is 37.4 Å². The second kappa shape index (κ2) is 7.12. The van der Waals surface area contributed by atoms with E-state index in [0.717, 1.165) is 24.7 Å². The Morgan fingerprint density at radius 3 is 2.94 bits per heavy atom. The van der Waals surface area contributed by atoms with Gasteiger partial charge < -0.3 is 15.0 Å². The van der Waals surface area contributed by atoms with Gasteiger partial charge in [-0.2, -0.15) is 0 Å². The summed E-state index contributed by atoms with van der Waals surface area (Å²) in [7, 11) is 3.80. The van der Waals surface area contributed by atoms with Crippen LogP contribution in [0.5, 0.6) is 5.75 Å². The summed E-state index contributed by atoms with van der Waals surface area (Å²) in [6.45, 7) is 6.31. The molecule has 0 aromatic carbocycles. The molecule has 0 fully saturated rings. The zero-order valence-corrected chi connectivity index (χ0v) is 11.2. The van der Waals surface area contributed by atoms with Crippen molar-refractivity contribution in [3.05, 3.63) is 18.3 Å². The Bertz CT molecular complexity index is 330. The van der Waals surface area contributed by atoms with Crippen LogP contribution in [0, 0.1) is 0 Å². The van der Waals surface area contributed by atoms with Crippen molar-refractivity contribution in [2.24, 2.45) is 0 Å². The highest BCUT2D eigenvalue weighted by Gasteiger charge is 2.07. The lowest BCUT2D eigenvalue weighted by Crippen LogP contribution is -2.32. The molecule has 1 N–H and O–H groups in total. The van der Waals surface area contributed by atoms with E-state index in [4.69, 9.17) is 4.74 Å². The third-order valence-electron chi connectivity index (χ3n) is 3.09. The summed E-state index contributed by atoms with van der Waals surface area (Å²) in [6, 6.07) is 4.39. The number of nitrogens with one attached hydrogen (secondary N) is 1. The molecule has 1 rings (SSSR count). The minimum absolute atomic E-state index is 0.613. The Hall–Kier alpha value is -1.29. The van der Waals surface area contributed by atoms with Crippen molar-refractivity contribution in [3.8, 4) is 5.75 Å². The van der Waals surface area contributed by atoms with Crippen molar-refractivity contribution in [2.75, 3.05) is 32.6 Å². The minimum Gasteiger partial charge on any atom is -0.493 e. The average Bonchev–Trinajstić information content (AvgIpc) is 2.38. The SMILES string of the molecule is CCC(C)N(C)CCNc1ncccc1OC. The van der Waals surface area contributed by atoms with E-state index < -0.39 is 0 Å². The van der Waals surface area contributed by atoms with Crippen LogP contribution in [0.4, 0.5) is 5.82 Å². The molecule has 0 saturated carbocycles. The van der Waals surface area contributed by atoms with E-state index in [1.54, 1.807) is 13.3 Å². The van der Waals surface area contributed by atoms with Gasteiger partial charge in [-0.1, -0.05) is 6.92 Å². The number of rotatable bonds is 7. The van der Waals surface area contributed by atoms with Gasteiger partial charge in [0.2, 0.25) is 0 Å². The van der Waals surface area contributed by atoms with Crippen LogP contribution in [-0.2, 0) is 0 Å². The first-order chi connectivity index (χ1) is 8.19. The van der Waals surface area contributed by atoms with Crippen LogP contribution < -0.4 is 10.1 Å². The van der Waals surface area contributed by atoms with E-state index in [1.807, 2.05) is 12.1 Å². The summed E-state index contributed by atoms with van der Waals surface area (Å²) in [5.74, 6) is 1.60. The van der Waals surface area contributed by atoms with Gasteiger partial charge in [-0.3, -0.25) is 0 Å². The Morgan fingerprint density at radius 2 is 2.29 bits per heavy atom. The van der Waals surface area contributed by atoms with Gasteiger partial charge in [0.05, 0.1) is 7.11 Å². The first kappa shape index (κ1) is 13.8. The van der Waals surface area contributed by atoms with Crippen LogP contribution in [0.1, 0.15) is 20.3 Å². The number of anilines is 1. The average molecular weight is 237 g/mol. The van der Waals surface area contributed by atoms with E-state index in [-0.39, 0.29) is 0 Å². The van der Waals surface area contributed by atoms with Crippen LogP contribution in [0.3, 0.4) is 0 Å². The lowest BCUT2D eigenvalue weighted by Gasteiger charge is -2.23. The van der Waals surface area contributed by atoms with Crippen molar-refractivity contribution in [1.29, 1.82) is 0 Å². The first-order valence-electron chi connectivity index (χ1n) is 6.12. The molecule has 0 spiro atoms. The molecular weight excluding hydrogens is 214 g/mol. The van der Waals surface area contributed by atoms with Gasteiger partial charge in [-0.15, -0.1) is 0 Å². The fraction of sp³-hybridized carbons (Fsp3) is 0.615. The molecule has 1 aromatic rings. The van der Waals surface area contributed by atoms with Gasteiger partial charge in [-0.25, -0.2) is 4.98 Å². The lowest BCUT2D eigenvalue weighted by atomic mass is 10.2. The van der Waals surface area contributed by atoms with Crippen LogP contribution in [-0.4, -0.2) is 43.2 Å². The summed E-state index contributed by atoms with van der Waals surface area (Å²) in [4.78, 5) is 6.59. The molecule has 0 aliphatic heterocycles. The smallest absolute Gasteiger partial charge is 0.168 e. The zero-order chi connectivity index (χ0) is 12.7. The molecule has 0 aliphatic rings. The number of ether oxygens (including phenoxy) is 1. The molecule has 4 nitrogen and oxygen atoms in total. The molecule has 17 heavy (non-hydrogen) atoms. The molecule has 96 valence electrons. The zero-order valence-electron chi connectivity index (χ0n) is 11.2. The largest absolute Gasteiger partial charge is 0.493 e. The van der Waals surface area contributed by atoms with Crippen LogP contribution >= 0.6 is 0 Å². The Labute approximate surface area is 104 Å². The molecule has 0 saturated heterocycles. The quantitative estimate of drug-likeness (QED) is 0.789. The van der Waals surface area contributed by atoms with Crippen LogP contribution in [0.25, 0.3) is 0 Å². The molecule has 0 radical (unpaired) electrons. The molecule has 1 atom stereocenters. The molecule has 1 unspecified atom stereocenters. The number of aromatic nitrogens is 1. The standard InChI is InChI=1S/C13H23N3O/c1-5-11(2)16(3)10-9-15-13-12(17-4)7-6-8-14-13/h6-8,11H,5,9-10H2,1-4H3,(H,14,15). The molecule has 1 heterocycles. The van der Waals surface area contributed by atoms with E-state index in [0.29, 0.717) is 6.04 Å². The number of hydrogen-bond donors (Lipinski definition) is 1. The van der Waals surface area contributed by atoms with E-state index in [2.05, 4.69) is 36.1 Å². The number of nitrogens with zero attached hydrogens (tertiary/aromatic N) is 2. The monoisotopic (exact) mass is 237 g/mol. The van der Waals surface area contributed by atoms with Gasteiger partial charge in [0, 0.05) is 25.3 Å². The highest BCUT2D eigenvalue weighted by atomic mass is 16.5. The van der Waals surface area contributed by atoms with Crippen molar-refractivity contribution in [2.45, 2.75) is 26.3 Å². The molecule has 4 heteroatoms. The summed E-state index contributed by atoms with van der Waals surface area (Å²) in [5, 5.41) is 3.30. The highest BCUT2D eigenvalue weighted by molar-refractivity contribution is 5.49. The number of likely N-dealkylation sites (N-methyl/N-ethyl adjacent to an activating group) is 1. The van der Waals surface area contributed by atoms with Crippen LogP contribution in [0.2, 0.25) is 0 Å². The second-order valence-corrected chi connectivity index (χ2v) is 4.22. The third-order valence-corrected chi connectivity index (χ3v) is 3.09. The number of methoxy groups -OCH3 is 1. The third kappa shape index (κ3) is 4.23. The van der Waals surface area contributed by atoms with E-state index >= 15 is 0 Å². The molecule has 0 bridgehead atoms. The van der Waals surface area contributed by atoms with Gasteiger partial charge in [-0.05, 0) is 32.5 Å². The summed E-state index contributed by atoms with van der Waals surface area (Å²) < 4.78 is 5.23. The van der Waals surface area contributed by atoms with E-state index in [9.17, 15) is 0 Å². The fourth-order valence-corrected chi connectivity index (χ4v) is 1.57. The molecule has 0 aliphatic carbocycles. The summed E-state index contributed by atoms with van der Waals surface area (Å²) in [5.41, 5.74) is 0. The van der Waals surface area contributed by atoms with E-state index in [1.165, 1.54) is 6.42 Å². The second-order valence-electron chi connectivity index (χ2n) is 4.22. The van der Waals surface area contributed by atoms with Gasteiger partial charge in [0.15, 0.2) is 11.6 Å². The molecule has 1 aromatic heterocycles. The first-order valence-corrected chi connectivity index (χ1v) is 6.12. The maximum atomic E-state index is 5.23. The van der Waals surface area contributed by atoms with Gasteiger partial charge in [0.1, 0.15) is 0 Å². The Balaban J connectivity index is 2.40. The van der Waals surface area contributed by atoms with Crippen molar-refractivity contribution >= 4 is 5.82 Å². The summed E-state index contributed by atoms with van der Waals surface area (Å²) >= 11 is 0. The van der Waals surface area contributed by atoms with Crippen molar-refractivity contribution in [3.63, 3.8) is 0 Å². The van der Waals surface area contributed by atoms with Crippen LogP contribution in [0.15, 0.2) is 18.3 Å². The lowest BCUT2D eigenvalue weighted by molar-refractivity contribution is 0.261. The van der Waals surface area contributed by atoms with Gasteiger partial charge in [0.25, 0.3) is 0 Å². The fourth-order valence-electron chi connectivity index (χ4n) is 1.57. The van der Waals surface area contributed by atoms with Gasteiger partial charge >= 0.3 is 0 Å². The predicted molar refractivity (Wildman–Crippen MR) is 71.7 cm³/mol.